The predicted octanol–water partition coefficient (Wildman–Crippen LogP) is 3.48. The van der Waals surface area contributed by atoms with Crippen molar-refractivity contribution in [2.75, 3.05) is 33.4 Å². The van der Waals surface area contributed by atoms with Gasteiger partial charge in [0, 0.05) is 11.6 Å². The zero-order valence-electron chi connectivity index (χ0n) is 14.0. The summed E-state index contributed by atoms with van der Waals surface area (Å²) in [5.41, 5.74) is 3.36. The lowest BCUT2D eigenvalue weighted by Gasteiger charge is -2.37. The topological polar surface area (TPSA) is 30.9 Å². The number of benzene rings is 2. The summed E-state index contributed by atoms with van der Waals surface area (Å²) in [4.78, 5) is 2.33. The van der Waals surface area contributed by atoms with Crippen molar-refractivity contribution in [3.05, 3.63) is 54.1 Å². The van der Waals surface area contributed by atoms with E-state index in [-0.39, 0.29) is 6.29 Å². The fourth-order valence-corrected chi connectivity index (χ4v) is 3.15. The molecule has 0 saturated carbocycles. The van der Waals surface area contributed by atoms with Crippen LogP contribution in [0.25, 0.3) is 11.1 Å². The monoisotopic (exact) mass is 325 g/mol. The van der Waals surface area contributed by atoms with Gasteiger partial charge in [-0.2, -0.15) is 0 Å². The van der Waals surface area contributed by atoms with Crippen LogP contribution in [0.15, 0.2) is 48.5 Å². The molecular formula is C20H23NO3. The Labute approximate surface area is 142 Å². The lowest BCUT2D eigenvalue weighted by atomic mass is 10.0. The third-order valence-electron chi connectivity index (χ3n) is 4.83. The molecule has 24 heavy (non-hydrogen) atoms. The van der Waals surface area contributed by atoms with Gasteiger partial charge in [0.15, 0.2) is 6.29 Å². The maximum atomic E-state index is 5.98. The number of ether oxygens (including phenoxy) is 3. The molecule has 2 aromatic rings. The van der Waals surface area contributed by atoms with Gasteiger partial charge in [0.1, 0.15) is 12.4 Å². The van der Waals surface area contributed by atoms with Crippen LogP contribution < -0.4 is 4.74 Å². The van der Waals surface area contributed by atoms with E-state index in [1.54, 1.807) is 0 Å². The molecule has 2 aliphatic rings. The standard InChI is InChI=1S/C20H23NO3/c1-21-9-8-18(21)14-24-19-7-3-5-16(13-19)15-4-2-6-17(12-15)20-22-10-11-23-20/h2-7,12-13,18,20H,8-11,14H2,1H3. The van der Waals surface area contributed by atoms with Gasteiger partial charge in [-0.3, -0.25) is 4.90 Å². The number of likely N-dealkylation sites (tertiary alicyclic amines) is 1. The zero-order valence-corrected chi connectivity index (χ0v) is 14.0. The summed E-state index contributed by atoms with van der Waals surface area (Å²) in [5.74, 6) is 0.923. The molecule has 4 heteroatoms. The number of hydrogen-bond donors (Lipinski definition) is 0. The van der Waals surface area contributed by atoms with Gasteiger partial charge in [0.2, 0.25) is 0 Å². The Bertz CT molecular complexity index is 697. The lowest BCUT2D eigenvalue weighted by Crippen LogP contribution is -2.48. The molecule has 0 amide bonds. The molecule has 0 N–H and O–H groups in total. The Hall–Kier alpha value is -1.88. The molecule has 2 aromatic carbocycles. The van der Waals surface area contributed by atoms with Crippen molar-refractivity contribution in [2.45, 2.75) is 18.8 Å². The van der Waals surface area contributed by atoms with Crippen LogP contribution >= 0.6 is 0 Å². The summed E-state index contributed by atoms with van der Waals surface area (Å²) in [6, 6.07) is 17.2. The second-order valence-electron chi connectivity index (χ2n) is 6.46. The average molecular weight is 325 g/mol. The average Bonchev–Trinajstić information content (AvgIpc) is 3.16. The summed E-state index contributed by atoms with van der Waals surface area (Å²) in [6.45, 7) is 3.25. The van der Waals surface area contributed by atoms with Crippen LogP contribution in [0.1, 0.15) is 18.3 Å². The van der Waals surface area contributed by atoms with Crippen molar-refractivity contribution in [2.24, 2.45) is 0 Å². The highest BCUT2D eigenvalue weighted by atomic mass is 16.7. The summed E-state index contributed by atoms with van der Waals surface area (Å²) in [7, 11) is 2.15. The van der Waals surface area contributed by atoms with Gasteiger partial charge < -0.3 is 14.2 Å². The molecule has 1 atom stereocenters. The van der Waals surface area contributed by atoms with Crippen molar-refractivity contribution in [3.63, 3.8) is 0 Å². The van der Waals surface area contributed by atoms with Crippen LogP contribution in [0.4, 0.5) is 0 Å². The van der Waals surface area contributed by atoms with Gasteiger partial charge in [-0.25, -0.2) is 0 Å². The van der Waals surface area contributed by atoms with Crippen molar-refractivity contribution in [3.8, 4) is 16.9 Å². The molecule has 2 heterocycles. The second-order valence-corrected chi connectivity index (χ2v) is 6.46. The van der Waals surface area contributed by atoms with E-state index >= 15 is 0 Å². The first kappa shape index (κ1) is 15.6. The van der Waals surface area contributed by atoms with E-state index in [4.69, 9.17) is 14.2 Å². The number of likely N-dealkylation sites (N-methyl/N-ethyl adjacent to an activating group) is 1. The second kappa shape index (κ2) is 6.93. The van der Waals surface area contributed by atoms with Gasteiger partial charge in [-0.15, -0.1) is 0 Å². The zero-order chi connectivity index (χ0) is 16.4. The Balaban J connectivity index is 1.49. The molecule has 4 nitrogen and oxygen atoms in total. The van der Waals surface area contributed by atoms with Crippen LogP contribution in [0.5, 0.6) is 5.75 Å². The molecule has 126 valence electrons. The summed E-state index contributed by atoms with van der Waals surface area (Å²) in [6.07, 6.45) is 0.984. The van der Waals surface area contributed by atoms with E-state index in [0.29, 0.717) is 19.3 Å². The van der Waals surface area contributed by atoms with Gasteiger partial charge in [-0.1, -0.05) is 30.3 Å². The van der Waals surface area contributed by atoms with E-state index in [1.165, 1.54) is 13.0 Å². The van der Waals surface area contributed by atoms with Crippen LogP contribution in [0.2, 0.25) is 0 Å². The van der Waals surface area contributed by atoms with Crippen LogP contribution in [0.3, 0.4) is 0 Å². The molecule has 4 rings (SSSR count). The smallest absolute Gasteiger partial charge is 0.184 e. The number of hydrogen-bond acceptors (Lipinski definition) is 4. The molecular weight excluding hydrogens is 302 g/mol. The number of rotatable bonds is 5. The van der Waals surface area contributed by atoms with E-state index in [2.05, 4.69) is 36.2 Å². The third-order valence-corrected chi connectivity index (χ3v) is 4.83. The molecule has 0 bridgehead atoms. The largest absolute Gasteiger partial charge is 0.492 e. The minimum absolute atomic E-state index is 0.237. The Morgan fingerprint density at radius 3 is 2.50 bits per heavy atom. The SMILES string of the molecule is CN1CCC1COc1cccc(-c2cccc(C3OCCO3)c2)c1. The van der Waals surface area contributed by atoms with Crippen LogP contribution in [-0.2, 0) is 9.47 Å². The molecule has 0 aliphatic carbocycles. The molecule has 2 fully saturated rings. The highest BCUT2D eigenvalue weighted by molar-refractivity contribution is 5.65. The molecule has 2 aliphatic heterocycles. The number of nitrogens with zero attached hydrogens (tertiary/aromatic N) is 1. The molecule has 2 saturated heterocycles. The Morgan fingerprint density at radius 2 is 1.79 bits per heavy atom. The quantitative estimate of drug-likeness (QED) is 0.842. The highest BCUT2D eigenvalue weighted by Gasteiger charge is 2.24. The van der Waals surface area contributed by atoms with E-state index in [9.17, 15) is 0 Å². The summed E-state index contributed by atoms with van der Waals surface area (Å²) in [5, 5.41) is 0. The van der Waals surface area contributed by atoms with Crippen molar-refractivity contribution < 1.29 is 14.2 Å². The molecule has 0 spiro atoms. The van der Waals surface area contributed by atoms with Gasteiger partial charge in [-0.05, 0) is 49.3 Å². The minimum Gasteiger partial charge on any atom is -0.492 e. The highest BCUT2D eigenvalue weighted by Crippen LogP contribution is 2.29. The predicted molar refractivity (Wildman–Crippen MR) is 93.1 cm³/mol. The molecule has 1 unspecified atom stereocenters. The Morgan fingerprint density at radius 1 is 1.04 bits per heavy atom. The van der Waals surface area contributed by atoms with Gasteiger partial charge in [0.25, 0.3) is 0 Å². The van der Waals surface area contributed by atoms with Crippen molar-refractivity contribution in [1.29, 1.82) is 0 Å². The van der Waals surface area contributed by atoms with Crippen molar-refractivity contribution >= 4 is 0 Å². The normalized spacial score (nSPS) is 21.6. The van der Waals surface area contributed by atoms with Gasteiger partial charge in [0.05, 0.1) is 13.2 Å². The van der Waals surface area contributed by atoms with Gasteiger partial charge >= 0.3 is 0 Å². The van der Waals surface area contributed by atoms with Crippen molar-refractivity contribution in [1.82, 2.24) is 4.90 Å². The minimum atomic E-state index is -0.237. The van der Waals surface area contributed by atoms with Crippen LogP contribution in [-0.4, -0.2) is 44.4 Å². The fourth-order valence-electron chi connectivity index (χ4n) is 3.15. The van der Waals surface area contributed by atoms with Crippen LogP contribution in [0, 0.1) is 0 Å². The first-order chi connectivity index (χ1) is 11.8. The first-order valence-electron chi connectivity index (χ1n) is 8.56. The maximum Gasteiger partial charge on any atom is 0.184 e. The Kier molecular flexibility index (Phi) is 4.52. The maximum absolute atomic E-state index is 5.98. The molecule has 0 radical (unpaired) electrons. The summed E-state index contributed by atoms with van der Waals surface area (Å²) < 4.78 is 17.2. The van der Waals surface area contributed by atoms with E-state index in [0.717, 1.165) is 29.0 Å². The fraction of sp³-hybridized carbons (Fsp3) is 0.400. The molecule has 0 aromatic heterocycles. The third kappa shape index (κ3) is 3.31. The van der Waals surface area contributed by atoms with E-state index in [1.807, 2.05) is 24.3 Å². The first-order valence-corrected chi connectivity index (χ1v) is 8.56. The summed E-state index contributed by atoms with van der Waals surface area (Å²) >= 11 is 0. The lowest BCUT2D eigenvalue weighted by molar-refractivity contribution is -0.0440. The van der Waals surface area contributed by atoms with E-state index < -0.39 is 0 Å².